The van der Waals surface area contributed by atoms with E-state index in [0.29, 0.717) is 37.1 Å². The van der Waals surface area contributed by atoms with Crippen LogP contribution >= 0.6 is 0 Å². The fourth-order valence-corrected chi connectivity index (χ4v) is 4.95. The first-order chi connectivity index (χ1) is 14.5. The zero-order chi connectivity index (χ0) is 21.4. The number of aldehydes is 1. The van der Waals surface area contributed by atoms with Gasteiger partial charge in [-0.1, -0.05) is 38.2 Å². The molecule has 0 spiro atoms. The summed E-state index contributed by atoms with van der Waals surface area (Å²) in [6.07, 6.45) is 12.4. The molecule has 164 valence electrons. The second kappa shape index (κ2) is 10.5. The van der Waals surface area contributed by atoms with Crippen molar-refractivity contribution in [1.29, 1.82) is 0 Å². The van der Waals surface area contributed by atoms with Crippen LogP contribution in [0.1, 0.15) is 68.3 Å². The highest BCUT2D eigenvalue weighted by molar-refractivity contribution is 5.92. The highest BCUT2D eigenvalue weighted by atomic mass is 16.2. The summed E-state index contributed by atoms with van der Waals surface area (Å²) in [7, 11) is 1.63. The molecule has 3 rings (SSSR count). The molecule has 7 nitrogen and oxygen atoms in total. The number of hydrogen-bond acceptors (Lipinski definition) is 4. The lowest BCUT2D eigenvalue weighted by atomic mass is 9.79. The zero-order valence-electron chi connectivity index (χ0n) is 18.1. The molecule has 2 atom stereocenters. The van der Waals surface area contributed by atoms with Crippen molar-refractivity contribution in [2.75, 3.05) is 20.1 Å². The maximum absolute atomic E-state index is 12.7. The molecule has 3 N–H and O–H groups in total. The Hall–Kier alpha value is -2.44. The molecule has 7 heteroatoms. The first-order valence-corrected chi connectivity index (χ1v) is 11.2. The van der Waals surface area contributed by atoms with E-state index in [4.69, 9.17) is 5.73 Å². The van der Waals surface area contributed by atoms with Crippen molar-refractivity contribution in [2.45, 2.75) is 63.3 Å². The van der Waals surface area contributed by atoms with Gasteiger partial charge in [-0.2, -0.15) is 0 Å². The number of aliphatic imine (C=N–C) groups is 1. The van der Waals surface area contributed by atoms with E-state index in [1.807, 2.05) is 11.0 Å². The molecule has 1 aromatic heterocycles. The molecular weight excluding hydrogens is 378 g/mol. The number of amides is 1. The monoisotopic (exact) mass is 413 g/mol. The molecular formula is C23H35N5O2. The summed E-state index contributed by atoms with van der Waals surface area (Å²) in [6.45, 7) is 1.33. The molecule has 30 heavy (non-hydrogen) atoms. The van der Waals surface area contributed by atoms with Crippen LogP contribution in [0.4, 0.5) is 0 Å². The predicted octanol–water partition coefficient (Wildman–Crippen LogP) is 2.77. The van der Waals surface area contributed by atoms with Crippen LogP contribution in [0.5, 0.6) is 0 Å². The Labute approximate surface area is 179 Å². The fraction of sp³-hybridized carbons (Fsp3) is 0.652. The predicted molar refractivity (Wildman–Crippen MR) is 118 cm³/mol. The number of carbonyl (C=O) groups excluding carboxylic acids is 2. The molecule has 1 saturated carbocycles. The number of pyridine rings is 1. The lowest BCUT2D eigenvalue weighted by Crippen LogP contribution is -2.54. The molecule has 2 fully saturated rings. The normalized spacial score (nSPS) is 22.5. The number of nitrogens with zero attached hydrogens (tertiary/aromatic N) is 3. The van der Waals surface area contributed by atoms with Crippen LogP contribution in [0.2, 0.25) is 0 Å². The van der Waals surface area contributed by atoms with Crippen molar-refractivity contribution in [3.05, 3.63) is 30.1 Å². The largest absolute Gasteiger partial charge is 0.370 e. The van der Waals surface area contributed by atoms with Crippen LogP contribution in [0.15, 0.2) is 29.4 Å². The summed E-state index contributed by atoms with van der Waals surface area (Å²) >= 11 is 0. The van der Waals surface area contributed by atoms with E-state index in [2.05, 4.69) is 15.3 Å². The van der Waals surface area contributed by atoms with E-state index in [1.165, 1.54) is 32.1 Å². The van der Waals surface area contributed by atoms with Gasteiger partial charge in [0.1, 0.15) is 12.0 Å². The van der Waals surface area contributed by atoms with Gasteiger partial charge < -0.3 is 20.7 Å². The topological polar surface area (TPSA) is 101 Å². The molecule has 0 bridgehead atoms. The Morgan fingerprint density at radius 3 is 2.77 bits per heavy atom. The molecule has 1 aliphatic heterocycles. The first kappa shape index (κ1) is 22.2. The van der Waals surface area contributed by atoms with E-state index in [9.17, 15) is 9.59 Å². The number of nitrogens with one attached hydrogen (secondary N) is 1. The van der Waals surface area contributed by atoms with Crippen LogP contribution in [-0.4, -0.2) is 53.7 Å². The van der Waals surface area contributed by atoms with Crippen molar-refractivity contribution in [2.24, 2.45) is 22.6 Å². The van der Waals surface area contributed by atoms with Gasteiger partial charge in [-0.25, -0.2) is 0 Å². The van der Waals surface area contributed by atoms with Crippen molar-refractivity contribution >= 4 is 18.2 Å². The number of hydrogen-bond donors (Lipinski definition) is 2. The van der Waals surface area contributed by atoms with E-state index >= 15 is 0 Å². The summed E-state index contributed by atoms with van der Waals surface area (Å²) < 4.78 is 0. The second-order valence-electron chi connectivity index (χ2n) is 8.88. The van der Waals surface area contributed by atoms with E-state index in [0.717, 1.165) is 25.5 Å². The van der Waals surface area contributed by atoms with E-state index < -0.39 is 5.54 Å². The average Bonchev–Trinajstić information content (AvgIpc) is 3.26. The van der Waals surface area contributed by atoms with Crippen LogP contribution in [0.3, 0.4) is 0 Å². The summed E-state index contributed by atoms with van der Waals surface area (Å²) in [4.78, 5) is 35.1. The molecule has 0 unspecified atom stereocenters. The van der Waals surface area contributed by atoms with Crippen molar-refractivity contribution in [1.82, 2.24) is 15.2 Å². The zero-order valence-corrected chi connectivity index (χ0v) is 18.1. The maximum Gasteiger partial charge on any atom is 0.272 e. The number of rotatable bonds is 8. The van der Waals surface area contributed by atoms with Crippen molar-refractivity contribution in [3.63, 3.8) is 0 Å². The van der Waals surface area contributed by atoms with Gasteiger partial charge in [-0.05, 0) is 49.7 Å². The Balaban J connectivity index is 1.64. The highest BCUT2D eigenvalue weighted by Crippen LogP contribution is 2.33. The van der Waals surface area contributed by atoms with Crippen LogP contribution in [0.25, 0.3) is 0 Å². The number of guanidine groups is 1. The number of carbonyl (C=O) groups is 2. The third kappa shape index (κ3) is 5.80. The molecule has 1 amide bonds. The number of likely N-dealkylation sites (tertiary alicyclic amines) is 1. The Morgan fingerprint density at radius 1 is 1.30 bits per heavy atom. The maximum atomic E-state index is 12.7. The van der Waals surface area contributed by atoms with E-state index in [1.54, 1.807) is 25.4 Å². The Morgan fingerprint density at radius 2 is 2.10 bits per heavy atom. The van der Waals surface area contributed by atoms with Crippen LogP contribution < -0.4 is 11.1 Å². The molecule has 2 aliphatic rings. The fourth-order valence-electron chi connectivity index (χ4n) is 4.95. The van der Waals surface area contributed by atoms with Gasteiger partial charge in [-0.15, -0.1) is 0 Å². The standard InChI is InChI=1S/C23H35N5O2/c1-25-22(24)27-23(17-29,12-10-18-7-3-2-4-8-18)15-19-11-14-28(16-19)21(30)20-9-5-6-13-26-20/h5-6,9,13,17-19H,2-4,7-8,10-12,14-16H2,1H3,(H3,24,25,27)/t19-,23-/m0/s1. The molecule has 0 radical (unpaired) electrons. The first-order valence-electron chi connectivity index (χ1n) is 11.2. The molecule has 0 aromatic carbocycles. The molecule has 1 saturated heterocycles. The summed E-state index contributed by atoms with van der Waals surface area (Å²) in [5.74, 6) is 1.18. The third-order valence-electron chi connectivity index (χ3n) is 6.68. The van der Waals surface area contributed by atoms with Crippen LogP contribution in [-0.2, 0) is 4.79 Å². The molecule has 1 aromatic rings. The molecule has 1 aliphatic carbocycles. The van der Waals surface area contributed by atoms with Gasteiger partial charge in [0, 0.05) is 26.3 Å². The lowest BCUT2D eigenvalue weighted by molar-refractivity contribution is -0.114. The Kier molecular flexibility index (Phi) is 7.82. The van der Waals surface area contributed by atoms with Crippen molar-refractivity contribution < 1.29 is 9.59 Å². The van der Waals surface area contributed by atoms with E-state index in [-0.39, 0.29) is 11.8 Å². The summed E-state index contributed by atoms with van der Waals surface area (Å²) in [5, 5.41) is 3.22. The lowest BCUT2D eigenvalue weighted by Gasteiger charge is -2.34. The van der Waals surface area contributed by atoms with Gasteiger partial charge in [0.2, 0.25) is 0 Å². The number of aromatic nitrogens is 1. The average molecular weight is 414 g/mol. The molecule has 2 heterocycles. The Bertz CT molecular complexity index is 732. The van der Waals surface area contributed by atoms with Gasteiger partial charge in [0.05, 0.1) is 5.54 Å². The minimum Gasteiger partial charge on any atom is -0.370 e. The second-order valence-corrected chi connectivity index (χ2v) is 8.88. The smallest absolute Gasteiger partial charge is 0.272 e. The summed E-state index contributed by atoms with van der Waals surface area (Å²) in [5.41, 5.74) is 5.72. The van der Waals surface area contributed by atoms with Crippen LogP contribution in [0, 0.1) is 11.8 Å². The highest BCUT2D eigenvalue weighted by Gasteiger charge is 2.37. The summed E-state index contributed by atoms with van der Waals surface area (Å²) in [6, 6.07) is 5.38. The van der Waals surface area contributed by atoms with Gasteiger partial charge in [0.25, 0.3) is 5.91 Å². The number of nitrogens with two attached hydrogens (primary N) is 1. The van der Waals surface area contributed by atoms with Gasteiger partial charge in [0.15, 0.2) is 5.96 Å². The van der Waals surface area contributed by atoms with Gasteiger partial charge >= 0.3 is 0 Å². The van der Waals surface area contributed by atoms with Crippen molar-refractivity contribution in [3.8, 4) is 0 Å². The SMILES string of the molecule is CN=C(N)N[C@@](C=O)(CCC1CCCCC1)C[C@@H]1CCN(C(=O)c2ccccn2)C1. The third-order valence-corrected chi connectivity index (χ3v) is 6.68. The minimum atomic E-state index is -0.726. The quantitative estimate of drug-likeness (QED) is 0.388. The van der Waals surface area contributed by atoms with Gasteiger partial charge in [-0.3, -0.25) is 14.8 Å². The minimum absolute atomic E-state index is 0.0420.